The molecule has 0 radical (unpaired) electrons. The number of rotatable bonds is 5. The van der Waals surface area contributed by atoms with Gasteiger partial charge in [0.05, 0.1) is 30.0 Å². The molecule has 0 amide bonds. The Balaban J connectivity index is 2.50. The van der Waals surface area contributed by atoms with Crippen LogP contribution in [0.2, 0.25) is 5.02 Å². The van der Waals surface area contributed by atoms with Gasteiger partial charge in [-0.25, -0.2) is 0 Å². The van der Waals surface area contributed by atoms with E-state index in [1.807, 2.05) is 6.07 Å². The van der Waals surface area contributed by atoms with E-state index in [1.165, 1.54) is 0 Å². The van der Waals surface area contributed by atoms with E-state index in [9.17, 15) is 15.2 Å². The van der Waals surface area contributed by atoms with Crippen molar-refractivity contribution in [2.45, 2.75) is 18.3 Å². The summed E-state index contributed by atoms with van der Waals surface area (Å²) in [5.74, 6) is -2.23. The van der Waals surface area contributed by atoms with Crippen LogP contribution in [0.1, 0.15) is 34.9 Å². The maximum atomic E-state index is 11.3. The number of nitriles is 2. The molecule has 0 fully saturated rings. The topological polar surface area (TPSA) is 84.9 Å². The second kappa shape index (κ2) is 7.45. The van der Waals surface area contributed by atoms with Crippen molar-refractivity contribution in [3.8, 4) is 12.1 Å². The number of nitrogens with zero attached hydrogens (tertiary/aromatic N) is 2. The fourth-order valence-electron chi connectivity index (χ4n) is 2.55. The minimum absolute atomic E-state index is 0.209. The van der Waals surface area contributed by atoms with Crippen molar-refractivity contribution >= 4 is 17.6 Å². The van der Waals surface area contributed by atoms with Crippen molar-refractivity contribution in [1.29, 1.82) is 10.5 Å². The summed E-state index contributed by atoms with van der Waals surface area (Å²) in [4.78, 5) is 11.3. The molecule has 0 aliphatic heterocycles. The molecule has 2 unspecified atom stereocenters. The number of hydrogen-bond donors (Lipinski definition) is 1. The Labute approximate surface area is 139 Å². The van der Waals surface area contributed by atoms with Gasteiger partial charge in [-0.15, -0.1) is 0 Å². The van der Waals surface area contributed by atoms with Crippen molar-refractivity contribution in [3.63, 3.8) is 0 Å². The van der Waals surface area contributed by atoms with Crippen molar-refractivity contribution in [3.05, 3.63) is 70.2 Å². The van der Waals surface area contributed by atoms with Crippen LogP contribution < -0.4 is 0 Å². The van der Waals surface area contributed by atoms with E-state index in [1.54, 1.807) is 48.5 Å². The molecular formula is C18H13ClN2O2. The van der Waals surface area contributed by atoms with Gasteiger partial charge in [-0.3, -0.25) is 4.79 Å². The number of carbonyl (C=O) groups is 1. The van der Waals surface area contributed by atoms with Gasteiger partial charge in [0.2, 0.25) is 0 Å². The molecule has 2 atom stereocenters. The number of halogens is 1. The lowest BCUT2D eigenvalue weighted by Crippen LogP contribution is -2.14. The van der Waals surface area contributed by atoms with Crippen molar-refractivity contribution in [2.75, 3.05) is 0 Å². The lowest BCUT2D eigenvalue weighted by Gasteiger charge is -2.21. The predicted octanol–water partition coefficient (Wildman–Crippen LogP) is 4.08. The Bertz CT molecular complexity index is 805. The van der Waals surface area contributed by atoms with Gasteiger partial charge >= 0.3 is 5.97 Å². The molecule has 0 saturated carbocycles. The number of aliphatic carboxylic acids is 1. The van der Waals surface area contributed by atoms with E-state index < -0.39 is 17.8 Å². The highest BCUT2D eigenvalue weighted by Crippen LogP contribution is 2.36. The van der Waals surface area contributed by atoms with Gasteiger partial charge in [-0.05, 0) is 35.4 Å². The Morgan fingerprint density at radius 1 is 1.13 bits per heavy atom. The largest absolute Gasteiger partial charge is 0.481 e. The molecule has 0 heterocycles. The molecule has 0 aliphatic carbocycles. The molecule has 4 nitrogen and oxygen atoms in total. The first kappa shape index (κ1) is 16.5. The number of carboxylic acids is 1. The summed E-state index contributed by atoms with van der Waals surface area (Å²) in [5, 5.41) is 28.3. The molecule has 23 heavy (non-hydrogen) atoms. The zero-order chi connectivity index (χ0) is 16.8. The minimum Gasteiger partial charge on any atom is -0.481 e. The van der Waals surface area contributed by atoms with Crippen LogP contribution in [-0.2, 0) is 4.79 Å². The molecule has 0 aliphatic rings. The van der Waals surface area contributed by atoms with E-state index in [0.29, 0.717) is 21.7 Å². The first-order chi connectivity index (χ1) is 11.0. The van der Waals surface area contributed by atoms with Crippen molar-refractivity contribution in [1.82, 2.24) is 0 Å². The van der Waals surface area contributed by atoms with Crippen LogP contribution in [0.3, 0.4) is 0 Å². The lowest BCUT2D eigenvalue weighted by atomic mass is 9.80. The van der Waals surface area contributed by atoms with Gasteiger partial charge < -0.3 is 5.11 Å². The highest BCUT2D eigenvalue weighted by atomic mass is 35.5. The summed E-state index contributed by atoms with van der Waals surface area (Å²) in [5.41, 5.74) is 1.74. The molecule has 0 saturated heterocycles. The third-order valence-electron chi connectivity index (χ3n) is 3.59. The number of hydrogen-bond acceptors (Lipinski definition) is 3. The van der Waals surface area contributed by atoms with Crippen LogP contribution in [0.25, 0.3) is 0 Å². The maximum absolute atomic E-state index is 11.3. The molecule has 2 rings (SSSR count). The van der Waals surface area contributed by atoms with E-state index in [2.05, 4.69) is 6.07 Å². The lowest BCUT2D eigenvalue weighted by molar-refractivity contribution is -0.137. The zero-order valence-electron chi connectivity index (χ0n) is 12.1. The van der Waals surface area contributed by atoms with E-state index in [-0.39, 0.29) is 6.42 Å². The molecule has 0 bridgehead atoms. The third-order valence-corrected chi connectivity index (χ3v) is 3.82. The van der Waals surface area contributed by atoms with E-state index in [4.69, 9.17) is 16.9 Å². The van der Waals surface area contributed by atoms with E-state index in [0.717, 1.165) is 0 Å². The monoisotopic (exact) mass is 324 g/mol. The number of carboxylic acid groups (broad SMARTS) is 1. The number of benzene rings is 2. The first-order valence-electron chi connectivity index (χ1n) is 6.92. The summed E-state index contributed by atoms with van der Waals surface area (Å²) < 4.78 is 0. The fourth-order valence-corrected chi connectivity index (χ4v) is 2.75. The normalized spacial score (nSPS) is 12.7. The average molecular weight is 325 g/mol. The second-order valence-electron chi connectivity index (χ2n) is 5.10. The van der Waals surface area contributed by atoms with Crippen LogP contribution in [0.15, 0.2) is 48.5 Å². The Morgan fingerprint density at radius 2 is 1.83 bits per heavy atom. The Morgan fingerprint density at radius 3 is 2.43 bits per heavy atom. The quantitative estimate of drug-likeness (QED) is 0.898. The smallest absolute Gasteiger partial charge is 0.304 e. The molecule has 0 spiro atoms. The van der Waals surface area contributed by atoms with Crippen molar-refractivity contribution in [2.24, 2.45) is 0 Å². The second-order valence-corrected chi connectivity index (χ2v) is 5.54. The van der Waals surface area contributed by atoms with Gasteiger partial charge in [-0.2, -0.15) is 10.5 Å². The Kier molecular flexibility index (Phi) is 5.36. The summed E-state index contributed by atoms with van der Waals surface area (Å²) in [6.07, 6.45) is -0.209. The SMILES string of the molecule is N#Cc1cccc(C(CC(=O)O)C(C#N)c2cccc(Cl)c2)c1. The summed E-state index contributed by atoms with van der Waals surface area (Å²) in [7, 11) is 0. The van der Waals surface area contributed by atoms with Gasteiger partial charge in [0, 0.05) is 10.9 Å². The van der Waals surface area contributed by atoms with Gasteiger partial charge in [0.1, 0.15) is 0 Å². The fraction of sp³-hybridized carbons (Fsp3) is 0.167. The highest BCUT2D eigenvalue weighted by molar-refractivity contribution is 6.30. The van der Waals surface area contributed by atoms with Gasteiger partial charge in [0.25, 0.3) is 0 Å². The molecule has 0 aromatic heterocycles. The van der Waals surface area contributed by atoms with Gasteiger partial charge in [0.15, 0.2) is 0 Å². The van der Waals surface area contributed by atoms with Gasteiger partial charge in [-0.1, -0.05) is 35.9 Å². The zero-order valence-corrected chi connectivity index (χ0v) is 12.9. The summed E-state index contributed by atoms with van der Waals surface area (Å²) in [6, 6.07) is 17.8. The molecular weight excluding hydrogens is 312 g/mol. The molecule has 1 N–H and O–H groups in total. The molecule has 5 heteroatoms. The van der Waals surface area contributed by atoms with Crippen LogP contribution >= 0.6 is 11.6 Å². The third kappa shape index (κ3) is 4.10. The Hall–Kier alpha value is -2.82. The maximum Gasteiger partial charge on any atom is 0.304 e. The highest BCUT2D eigenvalue weighted by Gasteiger charge is 2.27. The van der Waals surface area contributed by atoms with Crippen LogP contribution in [0.5, 0.6) is 0 Å². The molecule has 114 valence electrons. The molecule has 2 aromatic rings. The van der Waals surface area contributed by atoms with Crippen LogP contribution in [0.4, 0.5) is 0 Å². The first-order valence-corrected chi connectivity index (χ1v) is 7.30. The van der Waals surface area contributed by atoms with Crippen molar-refractivity contribution < 1.29 is 9.90 Å². The van der Waals surface area contributed by atoms with Crippen LogP contribution in [-0.4, -0.2) is 11.1 Å². The minimum atomic E-state index is -1.00. The standard InChI is InChI=1S/C18H13ClN2O2/c19-15-6-2-5-14(8-15)17(11-21)16(9-18(22)23)13-4-1-3-12(7-13)10-20/h1-8,16-17H,9H2,(H,22,23). The summed E-state index contributed by atoms with van der Waals surface area (Å²) in [6.45, 7) is 0. The van der Waals surface area contributed by atoms with E-state index >= 15 is 0 Å². The average Bonchev–Trinajstić information content (AvgIpc) is 2.54. The van der Waals surface area contributed by atoms with Crippen LogP contribution in [0, 0.1) is 22.7 Å². The molecule has 2 aromatic carbocycles. The summed E-state index contributed by atoms with van der Waals surface area (Å²) >= 11 is 5.98. The predicted molar refractivity (Wildman–Crippen MR) is 86.0 cm³/mol.